The molecule has 0 aromatic heterocycles. The molecule has 0 aliphatic rings. The van der Waals surface area contributed by atoms with E-state index in [1.807, 2.05) is 45.0 Å². The lowest BCUT2D eigenvalue weighted by atomic mass is 10.1. The van der Waals surface area contributed by atoms with E-state index in [4.69, 9.17) is 23.8 Å². The molecular formula is C22H22ClN3O2S2. The Morgan fingerprint density at radius 2 is 1.60 bits per heavy atom. The minimum absolute atomic E-state index is 0.0756. The Kier molecular flexibility index (Phi) is 6.65. The summed E-state index contributed by atoms with van der Waals surface area (Å²) in [6, 6.07) is 17.7. The summed E-state index contributed by atoms with van der Waals surface area (Å²) in [5, 5.41) is 6.69. The van der Waals surface area contributed by atoms with Gasteiger partial charge < -0.3 is 10.6 Å². The van der Waals surface area contributed by atoms with E-state index in [1.165, 1.54) is 5.56 Å². The van der Waals surface area contributed by atoms with Gasteiger partial charge in [0.25, 0.3) is 10.0 Å². The minimum atomic E-state index is -3.90. The van der Waals surface area contributed by atoms with Gasteiger partial charge in [0.15, 0.2) is 5.11 Å². The van der Waals surface area contributed by atoms with Gasteiger partial charge in [-0.15, -0.1) is 0 Å². The zero-order valence-electron chi connectivity index (χ0n) is 16.8. The Morgan fingerprint density at radius 3 is 2.30 bits per heavy atom. The molecule has 0 unspecified atom stereocenters. The molecule has 0 fully saturated rings. The van der Waals surface area contributed by atoms with Crippen LogP contribution in [0.15, 0.2) is 65.6 Å². The number of sulfonamides is 1. The van der Waals surface area contributed by atoms with Gasteiger partial charge in [-0.25, -0.2) is 8.42 Å². The van der Waals surface area contributed by atoms with Crippen LogP contribution in [0.1, 0.15) is 16.7 Å². The van der Waals surface area contributed by atoms with Crippen LogP contribution in [-0.4, -0.2) is 13.5 Å². The predicted molar refractivity (Wildman–Crippen MR) is 129 cm³/mol. The second-order valence-electron chi connectivity index (χ2n) is 6.96. The molecule has 3 rings (SSSR count). The molecule has 8 heteroatoms. The van der Waals surface area contributed by atoms with E-state index in [0.717, 1.165) is 16.8 Å². The van der Waals surface area contributed by atoms with Crippen molar-refractivity contribution < 1.29 is 8.42 Å². The molecule has 0 atom stereocenters. The largest absolute Gasteiger partial charge is 0.332 e. The van der Waals surface area contributed by atoms with E-state index < -0.39 is 10.0 Å². The Hall–Kier alpha value is -2.61. The number of aryl methyl sites for hydroxylation is 3. The first-order valence-electron chi connectivity index (χ1n) is 9.19. The highest BCUT2D eigenvalue weighted by molar-refractivity contribution is 7.93. The SMILES string of the molecule is Cc1ccc(NC(=S)Nc2ccc(C)c(C)c2)c(S(=O)(=O)Nc2ccccc2Cl)c1. The highest BCUT2D eigenvalue weighted by atomic mass is 35.5. The van der Waals surface area contributed by atoms with Crippen molar-refractivity contribution >= 4 is 56.0 Å². The Bertz CT molecular complexity index is 1210. The van der Waals surface area contributed by atoms with Gasteiger partial charge in [0, 0.05) is 5.69 Å². The van der Waals surface area contributed by atoms with Crippen LogP contribution in [0.4, 0.5) is 17.1 Å². The third-order valence-electron chi connectivity index (χ3n) is 4.56. The van der Waals surface area contributed by atoms with Crippen molar-refractivity contribution in [3.8, 4) is 0 Å². The third-order valence-corrected chi connectivity index (χ3v) is 6.50. The Labute approximate surface area is 187 Å². The molecule has 0 amide bonds. The van der Waals surface area contributed by atoms with Crippen LogP contribution in [0.3, 0.4) is 0 Å². The van der Waals surface area contributed by atoms with Gasteiger partial charge >= 0.3 is 0 Å². The summed E-state index contributed by atoms with van der Waals surface area (Å²) in [6.07, 6.45) is 0. The summed E-state index contributed by atoms with van der Waals surface area (Å²) in [7, 11) is -3.90. The van der Waals surface area contributed by atoms with Gasteiger partial charge in [-0.05, 0) is 86.1 Å². The maximum Gasteiger partial charge on any atom is 0.264 e. The smallest absolute Gasteiger partial charge is 0.264 e. The highest BCUT2D eigenvalue weighted by Gasteiger charge is 2.21. The van der Waals surface area contributed by atoms with Crippen LogP contribution in [0, 0.1) is 20.8 Å². The fraction of sp³-hybridized carbons (Fsp3) is 0.136. The molecule has 0 saturated carbocycles. The molecule has 5 nitrogen and oxygen atoms in total. The molecule has 3 aromatic carbocycles. The number of benzene rings is 3. The average molecular weight is 460 g/mol. The summed E-state index contributed by atoms with van der Waals surface area (Å²) in [6.45, 7) is 5.87. The van der Waals surface area contributed by atoms with Crippen molar-refractivity contribution in [3.05, 3.63) is 82.4 Å². The number of hydrogen-bond acceptors (Lipinski definition) is 3. The summed E-state index contributed by atoms with van der Waals surface area (Å²) in [5.41, 5.74) is 4.60. The zero-order chi connectivity index (χ0) is 21.9. The van der Waals surface area contributed by atoms with Crippen LogP contribution in [-0.2, 0) is 10.0 Å². The van der Waals surface area contributed by atoms with Gasteiger partial charge in [0.05, 0.1) is 16.4 Å². The first kappa shape index (κ1) is 22.1. The quantitative estimate of drug-likeness (QED) is 0.416. The first-order valence-corrected chi connectivity index (χ1v) is 11.5. The monoisotopic (exact) mass is 459 g/mol. The van der Waals surface area contributed by atoms with Crippen LogP contribution in [0.2, 0.25) is 5.02 Å². The molecule has 0 heterocycles. The van der Waals surface area contributed by atoms with E-state index in [2.05, 4.69) is 15.4 Å². The topological polar surface area (TPSA) is 70.2 Å². The third kappa shape index (κ3) is 5.30. The molecule has 0 spiro atoms. The average Bonchev–Trinajstić information content (AvgIpc) is 2.68. The summed E-state index contributed by atoms with van der Waals surface area (Å²) >= 11 is 11.5. The van der Waals surface area contributed by atoms with E-state index in [1.54, 1.807) is 36.4 Å². The second kappa shape index (κ2) is 9.04. The predicted octanol–water partition coefficient (Wildman–Crippen LogP) is 5.87. The fourth-order valence-corrected chi connectivity index (χ4v) is 4.60. The fourth-order valence-electron chi connectivity index (χ4n) is 2.80. The highest BCUT2D eigenvalue weighted by Crippen LogP contribution is 2.28. The molecule has 3 aromatic rings. The van der Waals surface area contributed by atoms with Crippen LogP contribution in [0.5, 0.6) is 0 Å². The molecule has 30 heavy (non-hydrogen) atoms. The van der Waals surface area contributed by atoms with Crippen LogP contribution in [0.25, 0.3) is 0 Å². The number of hydrogen-bond donors (Lipinski definition) is 3. The normalized spacial score (nSPS) is 11.1. The number of thiocarbonyl (C=S) groups is 1. The molecule has 3 N–H and O–H groups in total. The van der Waals surface area contributed by atoms with E-state index in [9.17, 15) is 8.42 Å². The summed E-state index contributed by atoms with van der Waals surface area (Å²) < 4.78 is 28.7. The van der Waals surface area contributed by atoms with E-state index in [-0.39, 0.29) is 10.0 Å². The lowest BCUT2D eigenvalue weighted by Crippen LogP contribution is -2.22. The van der Waals surface area contributed by atoms with Crippen molar-refractivity contribution in [1.29, 1.82) is 0 Å². The molecule has 156 valence electrons. The zero-order valence-corrected chi connectivity index (χ0v) is 19.2. The van der Waals surface area contributed by atoms with Crippen molar-refractivity contribution in [3.63, 3.8) is 0 Å². The number of nitrogens with one attached hydrogen (secondary N) is 3. The molecule has 0 aliphatic heterocycles. The second-order valence-corrected chi connectivity index (χ2v) is 9.43. The summed E-state index contributed by atoms with van der Waals surface area (Å²) in [5.74, 6) is 0. The number of anilines is 3. The lowest BCUT2D eigenvalue weighted by molar-refractivity contribution is 0.601. The van der Waals surface area contributed by atoms with Crippen molar-refractivity contribution in [1.82, 2.24) is 0 Å². The summed E-state index contributed by atoms with van der Waals surface area (Å²) in [4.78, 5) is 0.0756. The van der Waals surface area contributed by atoms with Crippen LogP contribution < -0.4 is 15.4 Å². The van der Waals surface area contributed by atoms with Gasteiger partial charge in [-0.3, -0.25) is 4.72 Å². The van der Waals surface area contributed by atoms with E-state index in [0.29, 0.717) is 16.4 Å². The molecule has 0 saturated heterocycles. The van der Waals surface area contributed by atoms with Gasteiger partial charge in [0.2, 0.25) is 0 Å². The van der Waals surface area contributed by atoms with Crippen LogP contribution >= 0.6 is 23.8 Å². The molecule has 0 bridgehead atoms. The number of para-hydroxylation sites is 1. The Balaban J connectivity index is 1.86. The van der Waals surface area contributed by atoms with Crippen molar-refractivity contribution in [2.45, 2.75) is 25.7 Å². The van der Waals surface area contributed by atoms with Crippen molar-refractivity contribution in [2.24, 2.45) is 0 Å². The van der Waals surface area contributed by atoms with Gasteiger partial charge in [-0.2, -0.15) is 0 Å². The maximum atomic E-state index is 13.1. The number of rotatable bonds is 5. The van der Waals surface area contributed by atoms with Crippen molar-refractivity contribution in [2.75, 3.05) is 15.4 Å². The number of halogens is 1. The Morgan fingerprint density at radius 1 is 0.867 bits per heavy atom. The molecular weight excluding hydrogens is 438 g/mol. The molecule has 0 aliphatic carbocycles. The van der Waals surface area contributed by atoms with E-state index >= 15 is 0 Å². The van der Waals surface area contributed by atoms with Gasteiger partial charge in [0.1, 0.15) is 4.90 Å². The maximum absolute atomic E-state index is 13.1. The standard InChI is InChI=1S/C22H22ClN3O2S2/c1-14-8-11-20(25-22(29)24-17-10-9-15(2)16(3)13-17)21(12-14)30(27,28)26-19-7-5-4-6-18(19)23/h4-13,26H,1-3H3,(H2,24,25,29). The first-order chi connectivity index (χ1) is 14.2. The van der Waals surface area contributed by atoms with Gasteiger partial charge in [-0.1, -0.05) is 35.9 Å². The molecule has 0 radical (unpaired) electrons. The lowest BCUT2D eigenvalue weighted by Gasteiger charge is -2.17. The minimum Gasteiger partial charge on any atom is -0.332 e.